The van der Waals surface area contributed by atoms with Crippen molar-refractivity contribution in [3.63, 3.8) is 0 Å². The van der Waals surface area contributed by atoms with Crippen molar-refractivity contribution in [3.8, 4) is 5.75 Å². The van der Waals surface area contributed by atoms with Gasteiger partial charge in [0, 0.05) is 43.6 Å². The van der Waals surface area contributed by atoms with Crippen molar-refractivity contribution in [2.75, 3.05) is 43.2 Å². The van der Waals surface area contributed by atoms with Crippen molar-refractivity contribution in [2.24, 2.45) is 21.5 Å². The molecule has 2 aliphatic rings. The molecule has 2 heterocycles. The minimum Gasteiger partial charge on any atom is -0.494 e. The average molecular weight is 629 g/mol. The Morgan fingerprint density at radius 2 is 1.17 bits per heavy atom. The molecule has 0 bridgehead atoms. The van der Waals surface area contributed by atoms with E-state index < -0.39 is 0 Å². The number of ether oxygens (including phenoxy) is 3. The van der Waals surface area contributed by atoms with Crippen LogP contribution in [-0.4, -0.2) is 57.5 Å². The first kappa shape index (κ1) is 32.1. The molecule has 4 N–H and O–H groups in total. The lowest BCUT2D eigenvalue weighted by Crippen LogP contribution is -2.32. The van der Waals surface area contributed by atoms with Crippen molar-refractivity contribution < 1.29 is 23.0 Å². The number of methoxy groups -OCH3 is 1. The topological polar surface area (TPSA) is 111 Å². The average Bonchev–Trinajstić information content (AvgIpc) is 3.69. The van der Waals surface area contributed by atoms with Gasteiger partial charge < -0.3 is 35.5 Å². The van der Waals surface area contributed by atoms with Gasteiger partial charge in [-0.05, 0) is 47.5 Å². The maximum Gasteiger partial charge on any atom is 0.282 e. The highest BCUT2D eigenvalue weighted by molar-refractivity contribution is 5.73. The summed E-state index contributed by atoms with van der Waals surface area (Å²) in [6.45, 7) is 3.61. The number of anilines is 2. The van der Waals surface area contributed by atoms with E-state index in [1.165, 1.54) is 30.9 Å². The molecule has 46 heavy (non-hydrogen) atoms. The van der Waals surface area contributed by atoms with Crippen LogP contribution in [0.5, 0.6) is 5.75 Å². The molecule has 4 aromatic rings. The highest BCUT2D eigenvalue weighted by Crippen LogP contribution is 2.27. The van der Waals surface area contributed by atoms with Crippen LogP contribution in [0, 0.1) is 11.6 Å². The van der Waals surface area contributed by atoms with Gasteiger partial charge in [-0.3, -0.25) is 0 Å². The molecule has 0 saturated carbocycles. The summed E-state index contributed by atoms with van der Waals surface area (Å²) in [5.41, 5.74) is 15.3. The predicted octanol–water partition coefficient (Wildman–Crippen LogP) is 5.10. The van der Waals surface area contributed by atoms with E-state index in [2.05, 4.69) is 44.1 Å². The molecule has 0 aromatic heterocycles. The van der Waals surface area contributed by atoms with Gasteiger partial charge in [0.05, 0.1) is 7.11 Å². The van der Waals surface area contributed by atoms with Gasteiger partial charge in [0.15, 0.2) is 11.6 Å². The first-order valence-corrected chi connectivity index (χ1v) is 14.9. The summed E-state index contributed by atoms with van der Waals surface area (Å²) < 4.78 is 42.4. The molecular formula is C35H38F2N6O3. The number of hydrogen-bond acceptors (Lipinski definition) is 9. The Bertz CT molecular complexity index is 1610. The minimum absolute atomic E-state index is 0.00577. The predicted molar refractivity (Wildman–Crippen MR) is 177 cm³/mol. The Balaban J connectivity index is 0.000000182. The summed E-state index contributed by atoms with van der Waals surface area (Å²) in [6.07, 6.45) is 0. The van der Waals surface area contributed by atoms with Gasteiger partial charge in [0.25, 0.3) is 12.0 Å². The number of nitrogens with zero attached hydrogens (tertiary/aromatic N) is 4. The van der Waals surface area contributed by atoms with E-state index in [4.69, 9.17) is 25.7 Å². The van der Waals surface area contributed by atoms with Crippen molar-refractivity contribution in [1.29, 1.82) is 0 Å². The number of amidine groups is 2. The second-order valence-electron chi connectivity index (χ2n) is 10.9. The quantitative estimate of drug-likeness (QED) is 0.238. The zero-order valence-corrected chi connectivity index (χ0v) is 25.6. The second-order valence-corrected chi connectivity index (χ2v) is 10.9. The number of aliphatic imine (C=N–C) groups is 2. The van der Waals surface area contributed by atoms with E-state index in [1.54, 1.807) is 24.3 Å². The van der Waals surface area contributed by atoms with Gasteiger partial charge in [0.1, 0.15) is 31.1 Å². The first-order chi connectivity index (χ1) is 22.4. The van der Waals surface area contributed by atoms with Gasteiger partial charge in [-0.15, -0.1) is 0 Å². The minimum atomic E-state index is -0.382. The molecule has 0 amide bonds. The molecule has 0 radical (unpaired) electrons. The monoisotopic (exact) mass is 628 g/mol. The fourth-order valence-electron chi connectivity index (χ4n) is 5.20. The SMILES string of the molecule is COc1cc(N(Cc2ccccc2)C[C@H]2COC(N)=N2)ccc1F.NC1=N[C@@H](CN(Cc2ccccc2)c2ccc(F)cc2)CO1. The smallest absolute Gasteiger partial charge is 0.282 e. The molecule has 11 heteroatoms. The summed E-state index contributed by atoms with van der Waals surface area (Å²) in [5.74, 6) is -0.404. The summed E-state index contributed by atoms with van der Waals surface area (Å²) in [7, 11) is 1.46. The Hall–Kier alpha value is -5.32. The number of benzene rings is 4. The van der Waals surface area contributed by atoms with E-state index in [9.17, 15) is 8.78 Å². The summed E-state index contributed by atoms with van der Waals surface area (Å²) >= 11 is 0. The van der Waals surface area contributed by atoms with Gasteiger partial charge in [-0.25, -0.2) is 18.8 Å². The number of hydrogen-bond donors (Lipinski definition) is 2. The van der Waals surface area contributed by atoms with Gasteiger partial charge in [0.2, 0.25) is 0 Å². The highest BCUT2D eigenvalue weighted by Gasteiger charge is 2.22. The lowest BCUT2D eigenvalue weighted by molar-refractivity contribution is 0.313. The fraction of sp³-hybridized carbons (Fsp3) is 0.257. The van der Waals surface area contributed by atoms with Crippen LogP contribution in [0.4, 0.5) is 20.2 Å². The highest BCUT2D eigenvalue weighted by atomic mass is 19.1. The van der Waals surface area contributed by atoms with Gasteiger partial charge >= 0.3 is 0 Å². The molecule has 4 aromatic carbocycles. The van der Waals surface area contributed by atoms with Crippen LogP contribution in [0.15, 0.2) is 113 Å². The number of nitrogens with two attached hydrogens (primary N) is 2. The van der Waals surface area contributed by atoms with E-state index in [0.29, 0.717) is 32.8 Å². The molecule has 9 nitrogen and oxygen atoms in total. The van der Waals surface area contributed by atoms with Crippen LogP contribution in [0.2, 0.25) is 0 Å². The first-order valence-electron chi connectivity index (χ1n) is 14.9. The molecule has 2 atom stereocenters. The third kappa shape index (κ3) is 9.10. The molecule has 240 valence electrons. The molecule has 6 rings (SSSR count). The molecule has 0 saturated heterocycles. The maximum absolute atomic E-state index is 13.7. The van der Waals surface area contributed by atoms with E-state index in [0.717, 1.165) is 23.5 Å². The largest absolute Gasteiger partial charge is 0.494 e. The van der Waals surface area contributed by atoms with E-state index >= 15 is 0 Å². The Morgan fingerprint density at radius 1 is 0.696 bits per heavy atom. The number of rotatable bonds is 11. The fourth-order valence-corrected chi connectivity index (χ4v) is 5.20. The molecular weight excluding hydrogens is 590 g/mol. The Kier molecular flexibility index (Phi) is 10.9. The van der Waals surface area contributed by atoms with Crippen molar-refractivity contribution in [1.82, 2.24) is 0 Å². The number of halogens is 2. The molecule has 0 spiro atoms. The molecule has 0 aliphatic carbocycles. The van der Waals surface area contributed by atoms with Gasteiger partial charge in [-0.1, -0.05) is 60.7 Å². The lowest BCUT2D eigenvalue weighted by atomic mass is 10.1. The van der Waals surface area contributed by atoms with Crippen molar-refractivity contribution >= 4 is 23.4 Å². The second kappa shape index (κ2) is 15.6. The zero-order valence-electron chi connectivity index (χ0n) is 25.6. The zero-order chi connectivity index (χ0) is 32.3. The van der Waals surface area contributed by atoms with Crippen LogP contribution in [0.3, 0.4) is 0 Å². The van der Waals surface area contributed by atoms with E-state index in [-0.39, 0.29) is 41.5 Å². The third-order valence-electron chi connectivity index (χ3n) is 7.45. The van der Waals surface area contributed by atoms with Crippen LogP contribution in [0.25, 0.3) is 0 Å². The molecule has 0 fully saturated rings. The normalized spacial score (nSPS) is 16.7. The maximum atomic E-state index is 13.7. The lowest BCUT2D eigenvalue weighted by Gasteiger charge is -2.27. The van der Waals surface area contributed by atoms with E-state index in [1.807, 2.05) is 36.4 Å². The van der Waals surface area contributed by atoms with Gasteiger partial charge in [-0.2, -0.15) is 0 Å². The standard InChI is InChI=1S/C18H20FN3O2.C17H18FN3O/c1-23-17-9-15(7-8-16(17)19)22(10-13-5-3-2-4-6-13)11-14-12-24-18(20)21-14;18-14-6-8-16(9-7-14)21(10-13-4-2-1-3-5-13)11-15-12-22-17(19)20-15/h2-9,14H,10-12H2,1H3,(H2,20,21);1-9,15H,10-12H2,(H2,19,20)/t14-;15-/m00/s1. The van der Waals surface area contributed by atoms with Crippen LogP contribution in [0.1, 0.15) is 11.1 Å². The van der Waals surface area contributed by atoms with Crippen LogP contribution >= 0.6 is 0 Å². The summed E-state index contributed by atoms with van der Waals surface area (Å²) in [6, 6.07) is 32.0. The van der Waals surface area contributed by atoms with Crippen molar-refractivity contribution in [2.45, 2.75) is 25.2 Å². The van der Waals surface area contributed by atoms with Crippen LogP contribution < -0.4 is 26.0 Å². The Morgan fingerprint density at radius 3 is 1.63 bits per heavy atom. The Labute approximate surface area is 267 Å². The summed E-state index contributed by atoms with van der Waals surface area (Å²) in [4.78, 5) is 12.8. The molecule has 0 unspecified atom stereocenters. The van der Waals surface area contributed by atoms with Crippen LogP contribution in [-0.2, 0) is 22.6 Å². The third-order valence-corrected chi connectivity index (χ3v) is 7.45. The summed E-state index contributed by atoms with van der Waals surface area (Å²) in [5, 5.41) is 0. The molecule has 2 aliphatic heterocycles. The van der Waals surface area contributed by atoms with Crippen molar-refractivity contribution in [3.05, 3.63) is 126 Å².